The molecule has 0 bridgehead atoms. The van der Waals surface area contributed by atoms with Crippen LogP contribution in [0.2, 0.25) is 0 Å². The molecule has 0 aromatic rings. The molecule has 0 radical (unpaired) electrons. The zero-order chi connectivity index (χ0) is 7.44. The molecule has 10 heavy (non-hydrogen) atoms. The predicted molar refractivity (Wildman–Crippen MR) is 38.8 cm³/mol. The van der Waals surface area contributed by atoms with E-state index in [4.69, 9.17) is 5.11 Å². The minimum Gasteiger partial charge on any atom is -0.481 e. The monoisotopic (exact) mass is 150 g/mol. The van der Waals surface area contributed by atoms with Crippen LogP contribution in [0.3, 0.4) is 0 Å². The van der Waals surface area contributed by atoms with Crippen LogP contribution in [-0.4, -0.2) is 11.1 Å². The van der Waals surface area contributed by atoms with Crippen LogP contribution in [0.4, 0.5) is 4.70 Å². The van der Waals surface area contributed by atoms with Crippen LogP contribution in [0.15, 0.2) is 0 Å². The van der Waals surface area contributed by atoms with Gasteiger partial charge in [-0.25, -0.2) is 0 Å². The lowest BCUT2D eigenvalue weighted by molar-refractivity contribution is -0.143. The summed E-state index contributed by atoms with van der Waals surface area (Å²) in [6.45, 7) is 5.77. The zero-order valence-corrected chi connectivity index (χ0v) is 6.63. The van der Waals surface area contributed by atoms with Crippen LogP contribution >= 0.6 is 0 Å². The Morgan fingerprint density at radius 1 is 1.50 bits per heavy atom. The summed E-state index contributed by atoms with van der Waals surface area (Å²) >= 11 is 0. The minimum atomic E-state index is -0.674. The van der Waals surface area contributed by atoms with Crippen LogP contribution in [0.5, 0.6) is 0 Å². The Labute approximate surface area is 60.6 Å². The molecule has 0 aliphatic heterocycles. The highest BCUT2D eigenvalue weighted by atomic mass is 19.0. The first kappa shape index (κ1) is 12.1. The molecule has 1 N–H and O–H groups in total. The topological polar surface area (TPSA) is 37.3 Å². The van der Waals surface area contributed by atoms with Crippen molar-refractivity contribution in [1.82, 2.24) is 0 Å². The molecule has 0 rings (SSSR count). The lowest BCUT2D eigenvalue weighted by Crippen LogP contribution is -2.18. The van der Waals surface area contributed by atoms with Gasteiger partial charge in [-0.3, -0.25) is 9.50 Å². The quantitative estimate of drug-likeness (QED) is 0.667. The molecule has 62 valence electrons. The smallest absolute Gasteiger partial charge is 0.306 e. The molecule has 0 aliphatic carbocycles. The third-order valence-electron chi connectivity index (χ3n) is 1.56. The molecule has 2 nitrogen and oxygen atoms in total. The van der Waals surface area contributed by atoms with Crippen LogP contribution < -0.4 is 0 Å². The minimum absolute atomic E-state index is 0. The van der Waals surface area contributed by atoms with Gasteiger partial charge in [0.15, 0.2) is 0 Å². The van der Waals surface area contributed by atoms with Crippen molar-refractivity contribution in [3.05, 3.63) is 0 Å². The number of aliphatic carboxylic acids is 1. The van der Waals surface area contributed by atoms with Gasteiger partial charge in [0.2, 0.25) is 0 Å². The van der Waals surface area contributed by atoms with E-state index in [9.17, 15) is 4.79 Å². The summed E-state index contributed by atoms with van der Waals surface area (Å²) in [6.07, 6.45) is 0.729. The molecule has 0 saturated heterocycles. The zero-order valence-electron chi connectivity index (χ0n) is 6.63. The SMILES string of the molecule is CCC(C(=O)O)C(C)C.F. The fraction of sp³-hybridized carbons (Fsp3) is 0.857. The highest BCUT2D eigenvalue weighted by molar-refractivity contribution is 5.70. The van der Waals surface area contributed by atoms with Crippen molar-refractivity contribution in [1.29, 1.82) is 0 Å². The third-order valence-corrected chi connectivity index (χ3v) is 1.56. The van der Waals surface area contributed by atoms with Crippen LogP contribution in [-0.2, 0) is 4.79 Å². The fourth-order valence-electron chi connectivity index (χ4n) is 0.931. The summed E-state index contributed by atoms with van der Waals surface area (Å²) in [4.78, 5) is 10.4. The van der Waals surface area contributed by atoms with E-state index in [1.165, 1.54) is 0 Å². The number of halogens is 1. The normalized spacial score (nSPS) is 12.4. The summed E-state index contributed by atoms with van der Waals surface area (Å²) in [7, 11) is 0. The Kier molecular flexibility index (Phi) is 6.31. The molecule has 3 heteroatoms. The number of carbonyl (C=O) groups is 1. The first-order valence-corrected chi connectivity index (χ1v) is 3.32. The molecular formula is C7H15FO2. The van der Waals surface area contributed by atoms with E-state index in [0.29, 0.717) is 0 Å². The standard InChI is InChI=1S/C7H14O2.FH/c1-4-6(5(2)3)7(8)9;/h5-6H,4H2,1-3H3,(H,8,9);1H. The Bertz CT molecular complexity index is 102. The fourth-order valence-corrected chi connectivity index (χ4v) is 0.931. The molecule has 0 saturated carbocycles. The van der Waals surface area contributed by atoms with Gasteiger partial charge in [0.1, 0.15) is 0 Å². The Morgan fingerprint density at radius 2 is 1.90 bits per heavy atom. The summed E-state index contributed by atoms with van der Waals surface area (Å²) in [5, 5.41) is 8.54. The maximum Gasteiger partial charge on any atom is 0.306 e. The summed E-state index contributed by atoms with van der Waals surface area (Å²) in [6, 6.07) is 0. The second kappa shape index (κ2) is 5.21. The first-order chi connectivity index (χ1) is 4.09. The largest absolute Gasteiger partial charge is 0.481 e. The van der Waals surface area contributed by atoms with E-state index in [1.807, 2.05) is 20.8 Å². The van der Waals surface area contributed by atoms with E-state index in [1.54, 1.807) is 0 Å². The number of carboxylic acids is 1. The average Bonchev–Trinajstić information content (AvgIpc) is 1.64. The van der Waals surface area contributed by atoms with Gasteiger partial charge < -0.3 is 5.11 Å². The molecule has 0 amide bonds. The molecule has 0 fully saturated rings. The number of hydrogen-bond acceptors (Lipinski definition) is 1. The number of rotatable bonds is 3. The Balaban J connectivity index is 0. The van der Waals surface area contributed by atoms with Gasteiger partial charge in [0, 0.05) is 0 Å². The van der Waals surface area contributed by atoms with Crippen LogP contribution in [0.25, 0.3) is 0 Å². The lowest BCUT2D eigenvalue weighted by Gasteiger charge is -2.12. The van der Waals surface area contributed by atoms with Crippen molar-refractivity contribution in [2.24, 2.45) is 11.8 Å². The molecule has 0 heterocycles. The van der Waals surface area contributed by atoms with Gasteiger partial charge in [-0.15, -0.1) is 0 Å². The summed E-state index contributed by atoms with van der Waals surface area (Å²) in [5.74, 6) is -0.579. The van der Waals surface area contributed by atoms with E-state index in [2.05, 4.69) is 0 Å². The van der Waals surface area contributed by atoms with E-state index in [0.717, 1.165) is 6.42 Å². The first-order valence-electron chi connectivity index (χ1n) is 3.32. The molecule has 1 unspecified atom stereocenters. The van der Waals surface area contributed by atoms with Gasteiger partial charge in [-0.05, 0) is 12.3 Å². The summed E-state index contributed by atoms with van der Waals surface area (Å²) in [5.41, 5.74) is 0. The van der Waals surface area contributed by atoms with Gasteiger partial charge in [0.05, 0.1) is 5.92 Å². The predicted octanol–water partition coefficient (Wildman–Crippen LogP) is 1.91. The van der Waals surface area contributed by atoms with Crippen molar-refractivity contribution >= 4 is 5.97 Å². The second-order valence-electron chi connectivity index (χ2n) is 2.60. The van der Waals surface area contributed by atoms with Crippen molar-refractivity contribution in [2.45, 2.75) is 27.2 Å². The second-order valence-corrected chi connectivity index (χ2v) is 2.60. The summed E-state index contributed by atoms with van der Waals surface area (Å²) < 4.78 is 0. The molecule has 0 aromatic carbocycles. The van der Waals surface area contributed by atoms with Crippen molar-refractivity contribution in [3.63, 3.8) is 0 Å². The Hall–Kier alpha value is -0.600. The molecule has 0 spiro atoms. The van der Waals surface area contributed by atoms with Crippen molar-refractivity contribution in [2.75, 3.05) is 0 Å². The van der Waals surface area contributed by atoms with Gasteiger partial charge >= 0.3 is 5.97 Å². The van der Waals surface area contributed by atoms with E-state index >= 15 is 0 Å². The van der Waals surface area contributed by atoms with Crippen molar-refractivity contribution in [3.8, 4) is 0 Å². The van der Waals surface area contributed by atoms with E-state index in [-0.39, 0.29) is 16.5 Å². The maximum absolute atomic E-state index is 10.4. The maximum atomic E-state index is 10.4. The van der Waals surface area contributed by atoms with Gasteiger partial charge in [-0.1, -0.05) is 20.8 Å². The number of carboxylic acid groups (broad SMARTS) is 1. The van der Waals surface area contributed by atoms with Gasteiger partial charge in [0.25, 0.3) is 0 Å². The highest BCUT2D eigenvalue weighted by Crippen LogP contribution is 2.13. The number of hydrogen-bond donors (Lipinski definition) is 1. The average molecular weight is 150 g/mol. The molecule has 1 atom stereocenters. The highest BCUT2D eigenvalue weighted by Gasteiger charge is 2.17. The van der Waals surface area contributed by atoms with Crippen LogP contribution in [0.1, 0.15) is 27.2 Å². The lowest BCUT2D eigenvalue weighted by atomic mass is 9.94. The van der Waals surface area contributed by atoms with Gasteiger partial charge in [-0.2, -0.15) is 0 Å². The van der Waals surface area contributed by atoms with Crippen molar-refractivity contribution < 1.29 is 14.6 Å². The van der Waals surface area contributed by atoms with Crippen LogP contribution in [0, 0.1) is 11.8 Å². The third kappa shape index (κ3) is 3.43. The molecular weight excluding hydrogens is 135 g/mol. The molecule has 0 aliphatic rings. The molecule has 0 aromatic heterocycles. The van der Waals surface area contributed by atoms with E-state index < -0.39 is 5.97 Å². The Morgan fingerprint density at radius 3 is 1.90 bits per heavy atom.